The van der Waals surface area contributed by atoms with E-state index in [1.807, 2.05) is 36.6 Å². The van der Waals surface area contributed by atoms with Crippen molar-refractivity contribution in [2.24, 2.45) is 11.5 Å². The van der Waals surface area contributed by atoms with Crippen LogP contribution in [0, 0.1) is 0 Å². The Morgan fingerprint density at radius 1 is 0.837 bits per heavy atom. The van der Waals surface area contributed by atoms with Crippen LogP contribution in [0.3, 0.4) is 0 Å². The average Bonchev–Trinajstić information content (AvgIpc) is 3.40. The Morgan fingerprint density at radius 3 is 2.14 bits per heavy atom. The fourth-order valence-electron chi connectivity index (χ4n) is 4.54. The summed E-state index contributed by atoms with van der Waals surface area (Å²) in [6.07, 6.45) is 3.84. The Bertz CT molecular complexity index is 1410. The van der Waals surface area contributed by atoms with Gasteiger partial charge in [-0.15, -0.1) is 0 Å². The molecule has 4 atom stereocenters. The van der Waals surface area contributed by atoms with Crippen LogP contribution in [0.1, 0.15) is 30.4 Å². The maximum absolute atomic E-state index is 13.5. The smallest absolute Gasteiger partial charge is 0.326 e. The Labute approximate surface area is 253 Å². The Balaban J connectivity index is 1.76. The Hall–Kier alpha value is -4.36. The molecule has 0 fully saturated rings. The van der Waals surface area contributed by atoms with E-state index >= 15 is 0 Å². The molecule has 0 aliphatic carbocycles. The third-order valence-corrected chi connectivity index (χ3v) is 7.56. The number of aromatic amines is 1. The molecule has 3 aromatic rings. The zero-order valence-electron chi connectivity index (χ0n) is 23.9. The zero-order valence-corrected chi connectivity index (χ0v) is 24.7. The molecular weight excluding hydrogens is 572 g/mol. The van der Waals surface area contributed by atoms with E-state index in [1.165, 1.54) is 11.8 Å². The number of amides is 4. The van der Waals surface area contributed by atoms with Crippen LogP contribution >= 0.6 is 11.8 Å². The van der Waals surface area contributed by atoms with Gasteiger partial charge in [0.05, 0.1) is 6.04 Å². The lowest BCUT2D eigenvalue weighted by molar-refractivity contribution is -0.142. The molecule has 0 radical (unpaired) electrons. The summed E-state index contributed by atoms with van der Waals surface area (Å²) >= 11 is 1.46. The number of aliphatic carboxylic acids is 1. The maximum atomic E-state index is 13.5. The molecule has 0 bridgehead atoms. The van der Waals surface area contributed by atoms with Crippen molar-refractivity contribution in [3.05, 3.63) is 71.9 Å². The number of hydrogen-bond donors (Lipinski definition) is 7. The summed E-state index contributed by atoms with van der Waals surface area (Å²) in [4.78, 5) is 66.1. The molecule has 0 saturated heterocycles. The van der Waals surface area contributed by atoms with Crippen molar-refractivity contribution in [2.45, 2.75) is 56.3 Å². The standard InChI is InChI=1S/C30H38N6O6S/c1-43-14-13-23(28(39)36-25(30(41)42)16-19-17-33-22-10-6-5-9-20(19)22)34-29(40)24(15-18-7-3-2-4-8-18)35-27(38)21(31)11-12-26(32)37/h2-10,17,21,23-25,33H,11-16,31H2,1H3,(H2,32,37)(H,34,40)(H,35,38)(H,36,39)(H,41,42). The summed E-state index contributed by atoms with van der Waals surface area (Å²) in [7, 11) is 0. The molecule has 0 aliphatic heterocycles. The minimum atomic E-state index is -1.25. The predicted octanol–water partition coefficient (Wildman–Crippen LogP) is 0.838. The van der Waals surface area contributed by atoms with E-state index < -0.39 is 53.8 Å². The fraction of sp³-hybridized carbons (Fsp3) is 0.367. The van der Waals surface area contributed by atoms with Crippen molar-refractivity contribution in [1.29, 1.82) is 0 Å². The highest BCUT2D eigenvalue weighted by molar-refractivity contribution is 7.98. The van der Waals surface area contributed by atoms with Gasteiger partial charge < -0.3 is 37.5 Å². The topological polar surface area (TPSA) is 209 Å². The van der Waals surface area contributed by atoms with Gasteiger partial charge in [0, 0.05) is 36.4 Å². The van der Waals surface area contributed by atoms with Crippen molar-refractivity contribution in [1.82, 2.24) is 20.9 Å². The van der Waals surface area contributed by atoms with Gasteiger partial charge in [-0.25, -0.2) is 4.79 Å². The molecule has 230 valence electrons. The third kappa shape index (κ3) is 10.1. The van der Waals surface area contributed by atoms with E-state index in [9.17, 15) is 29.1 Å². The summed E-state index contributed by atoms with van der Waals surface area (Å²) in [5.74, 6) is -3.25. The van der Waals surface area contributed by atoms with Crippen LogP contribution in [0.15, 0.2) is 60.8 Å². The van der Waals surface area contributed by atoms with Crippen LogP contribution in [-0.2, 0) is 36.8 Å². The first-order valence-corrected chi connectivity index (χ1v) is 15.2. The highest BCUT2D eigenvalue weighted by atomic mass is 32.2. The molecule has 4 unspecified atom stereocenters. The van der Waals surface area contributed by atoms with Crippen LogP contribution < -0.4 is 27.4 Å². The zero-order chi connectivity index (χ0) is 31.4. The normalized spacial score (nSPS) is 13.8. The van der Waals surface area contributed by atoms with Crippen LogP contribution in [-0.4, -0.2) is 75.9 Å². The first-order chi connectivity index (χ1) is 20.6. The minimum absolute atomic E-state index is 0.00655. The number of carboxylic acid groups (broad SMARTS) is 1. The van der Waals surface area contributed by atoms with Gasteiger partial charge in [-0.05, 0) is 42.0 Å². The summed E-state index contributed by atoms with van der Waals surface area (Å²) in [5, 5.41) is 18.7. The van der Waals surface area contributed by atoms with Gasteiger partial charge in [-0.1, -0.05) is 48.5 Å². The van der Waals surface area contributed by atoms with Crippen LogP contribution in [0.25, 0.3) is 10.9 Å². The number of nitrogens with one attached hydrogen (secondary N) is 4. The van der Waals surface area contributed by atoms with Crippen molar-refractivity contribution in [3.8, 4) is 0 Å². The number of nitrogens with two attached hydrogens (primary N) is 2. The molecule has 0 saturated carbocycles. The van der Waals surface area contributed by atoms with Crippen molar-refractivity contribution < 1.29 is 29.1 Å². The molecule has 4 amide bonds. The molecule has 0 aliphatic rings. The second kappa shape index (κ2) is 16.3. The quantitative estimate of drug-likeness (QED) is 0.116. The number of aromatic nitrogens is 1. The van der Waals surface area contributed by atoms with E-state index in [1.54, 1.807) is 30.5 Å². The number of hydrogen-bond acceptors (Lipinski definition) is 7. The fourth-order valence-corrected chi connectivity index (χ4v) is 5.01. The number of para-hydroxylation sites is 1. The lowest BCUT2D eigenvalue weighted by Crippen LogP contribution is -2.58. The van der Waals surface area contributed by atoms with Gasteiger partial charge in [0.15, 0.2) is 0 Å². The monoisotopic (exact) mass is 610 g/mol. The van der Waals surface area contributed by atoms with Gasteiger partial charge in [0.2, 0.25) is 23.6 Å². The molecule has 1 heterocycles. The molecule has 3 rings (SSSR count). The number of H-pyrrole nitrogens is 1. The minimum Gasteiger partial charge on any atom is -0.480 e. The van der Waals surface area contributed by atoms with Gasteiger partial charge in [0.1, 0.15) is 18.1 Å². The Kier molecular flexibility index (Phi) is 12.6. The second-order valence-electron chi connectivity index (χ2n) is 10.2. The second-order valence-corrected chi connectivity index (χ2v) is 11.2. The molecule has 0 spiro atoms. The summed E-state index contributed by atoms with van der Waals surface area (Å²) < 4.78 is 0. The molecule has 12 nitrogen and oxygen atoms in total. The molecule has 2 aromatic carbocycles. The number of rotatable bonds is 17. The first kappa shape index (κ1) is 33.1. The predicted molar refractivity (Wildman–Crippen MR) is 165 cm³/mol. The number of carboxylic acids is 1. The molecule has 9 N–H and O–H groups in total. The summed E-state index contributed by atoms with van der Waals surface area (Å²) in [6, 6.07) is 11.9. The highest BCUT2D eigenvalue weighted by Crippen LogP contribution is 2.19. The third-order valence-electron chi connectivity index (χ3n) is 6.91. The number of primary amides is 1. The first-order valence-electron chi connectivity index (χ1n) is 13.8. The van der Waals surface area contributed by atoms with E-state index in [0.29, 0.717) is 5.75 Å². The number of fused-ring (bicyclic) bond motifs is 1. The number of benzene rings is 2. The van der Waals surface area contributed by atoms with Crippen LogP contribution in [0.2, 0.25) is 0 Å². The van der Waals surface area contributed by atoms with E-state index in [0.717, 1.165) is 22.0 Å². The summed E-state index contributed by atoms with van der Waals surface area (Å²) in [6.45, 7) is 0. The molecule has 13 heteroatoms. The van der Waals surface area contributed by atoms with Crippen molar-refractivity contribution >= 4 is 52.3 Å². The van der Waals surface area contributed by atoms with Crippen molar-refractivity contribution in [2.75, 3.05) is 12.0 Å². The average molecular weight is 611 g/mol. The molecule has 1 aromatic heterocycles. The SMILES string of the molecule is CSCCC(NC(=O)C(Cc1ccccc1)NC(=O)C(N)CCC(N)=O)C(=O)NC(Cc1c[nH]c2ccccc12)C(=O)O. The van der Waals surface area contributed by atoms with Gasteiger partial charge in [0.25, 0.3) is 0 Å². The Morgan fingerprint density at radius 2 is 1.47 bits per heavy atom. The lowest BCUT2D eigenvalue weighted by Gasteiger charge is -2.25. The van der Waals surface area contributed by atoms with E-state index in [-0.39, 0.29) is 32.1 Å². The molecular formula is C30H38N6O6S. The van der Waals surface area contributed by atoms with Gasteiger partial charge in [-0.2, -0.15) is 11.8 Å². The van der Waals surface area contributed by atoms with E-state index in [2.05, 4.69) is 20.9 Å². The highest BCUT2D eigenvalue weighted by Gasteiger charge is 2.31. The van der Waals surface area contributed by atoms with Crippen molar-refractivity contribution in [3.63, 3.8) is 0 Å². The number of carbonyl (C=O) groups is 5. The van der Waals surface area contributed by atoms with Gasteiger partial charge >= 0.3 is 5.97 Å². The van der Waals surface area contributed by atoms with Crippen LogP contribution in [0.5, 0.6) is 0 Å². The van der Waals surface area contributed by atoms with Crippen LogP contribution in [0.4, 0.5) is 0 Å². The summed E-state index contributed by atoms with van der Waals surface area (Å²) in [5.41, 5.74) is 13.4. The van der Waals surface area contributed by atoms with Gasteiger partial charge in [-0.3, -0.25) is 19.2 Å². The lowest BCUT2D eigenvalue weighted by atomic mass is 10.0. The molecule has 43 heavy (non-hydrogen) atoms. The number of carbonyl (C=O) groups excluding carboxylic acids is 4. The van der Waals surface area contributed by atoms with E-state index in [4.69, 9.17) is 11.5 Å². The largest absolute Gasteiger partial charge is 0.480 e. The number of thioether (sulfide) groups is 1. The maximum Gasteiger partial charge on any atom is 0.326 e.